The van der Waals surface area contributed by atoms with Crippen LogP contribution in [0.15, 0.2) is 0 Å². The van der Waals surface area contributed by atoms with Gasteiger partial charge in [0, 0.05) is 6.61 Å². The molecule has 0 bridgehead atoms. The summed E-state index contributed by atoms with van der Waals surface area (Å²) in [6.07, 6.45) is 2.75. The Morgan fingerprint density at radius 3 is 1.90 bits per heavy atom. The highest BCUT2D eigenvalue weighted by molar-refractivity contribution is 7.54. The Labute approximate surface area is 79.6 Å². The van der Waals surface area contributed by atoms with Crippen molar-refractivity contribution >= 4 is 49.7 Å². The molecule has 0 saturated carbocycles. The normalized spacial score (nSPS) is 20.4. The Hall–Kier alpha value is 1.26. The molecule has 1 aliphatic rings. The lowest BCUT2D eigenvalue weighted by atomic mass is 10.4. The number of halogens is 3. The van der Waals surface area contributed by atoms with Crippen LogP contribution in [0.25, 0.3) is 0 Å². The SMILES string of the molecule is C1CC[SiH2]OC1.Cl[SiH](Cl)Cl. The maximum atomic E-state index is 5.21. The van der Waals surface area contributed by atoms with Crippen LogP contribution in [0.2, 0.25) is 6.04 Å². The second-order valence-electron chi connectivity index (χ2n) is 1.92. The van der Waals surface area contributed by atoms with E-state index >= 15 is 0 Å². The lowest BCUT2D eigenvalue weighted by molar-refractivity contribution is 0.304. The van der Waals surface area contributed by atoms with Crippen molar-refractivity contribution in [2.45, 2.75) is 18.9 Å². The number of hydrogen-bond acceptors (Lipinski definition) is 1. The number of rotatable bonds is 0. The van der Waals surface area contributed by atoms with E-state index in [1.807, 2.05) is 0 Å². The molecule has 0 aromatic carbocycles. The molecule has 1 fully saturated rings. The molecule has 0 spiro atoms. The molecule has 0 aliphatic carbocycles. The topological polar surface area (TPSA) is 9.23 Å². The lowest BCUT2D eigenvalue weighted by Gasteiger charge is -2.07. The van der Waals surface area contributed by atoms with Crippen LogP contribution < -0.4 is 0 Å². The van der Waals surface area contributed by atoms with E-state index in [0.717, 1.165) is 6.61 Å². The Morgan fingerprint density at radius 2 is 1.80 bits per heavy atom. The predicted octanol–water partition coefficient (Wildman–Crippen LogP) is 1.72. The van der Waals surface area contributed by atoms with Gasteiger partial charge in [-0.05, 0) is 12.5 Å². The summed E-state index contributed by atoms with van der Waals surface area (Å²) in [5.74, 6) is 0. The Morgan fingerprint density at radius 1 is 1.20 bits per heavy atom. The van der Waals surface area contributed by atoms with Crippen molar-refractivity contribution in [1.29, 1.82) is 0 Å². The fourth-order valence-corrected chi connectivity index (χ4v) is 1.86. The first-order valence-electron chi connectivity index (χ1n) is 3.23. The highest BCUT2D eigenvalue weighted by atomic mass is 35.8. The van der Waals surface area contributed by atoms with Crippen LogP contribution in [-0.2, 0) is 4.43 Å². The lowest BCUT2D eigenvalue weighted by Crippen LogP contribution is -2.06. The first kappa shape index (κ1) is 11.3. The molecule has 1 saturated heterocycles. The van der Waals surface area contributed by atoms with Crippen LogP contribution in [0.1, 0.15) is 12.8 Å². The molecule has 0 amide bonds. The molecule has 1 nitrogen and oxygen atoms in total. The molecule has 6 heteroatoms. The molecule has 1 heterocycles. The minimum absolute atomic E-state index is 0.00849. The van der Waals surface area contributed by atoms with Gasteiger partial charge in [-0.2, -0.15) is 0 Å². The van der Waals surface area contributed by atoms with Gasteiger partial charge in [0.25, 0.3) is 0 Å². The van der Waals surface area contributed by atoms with Crippen LogP contribution in [0, 0.1) is 0 Å². The van der Waals surface area contributed by atoms with Gasteiger partial charge < -0.3 is 4.43 Å². The Balaban J connectivity index is 0.000000180. The average Bonchev–Trinajstić information content (AvgIpc) is 1.90. The van der Waals surface area contributed by atoms with Crippen molar-refractivity contribution in [2.24, 2.45) is 0 Å². The third kappa shape index (κ3) is 12.0. The van der Waals surface area contributed by atoms with Gasteiger partial charge in [0.2, 0.25) is 0 Å². The molecule has 0 aromatic heterocycles. The minimum Gasteiger partial charge on any atom is -0.424 e. The highest BCUT2D eigenvalue weighted by Gasteiger charge is 1.96. The molecule has 0 aromatic rings. The van der Waals surface area contributed by atoms with E-state index in [0.29, 0.717) is 0 Å². The van der Waals surface area contributed by atoms with Gasteiger partial charge in [-0.15, -0.1) is 33.2 Å². The van der Waals surface area contributed by atoms with E-state index in [9.17, 15) is 0 Å². The van der Waals surface area contributed by atoms with E-state index in [1.165, 1.54) is 18.9 Å². The Kier molecular flexibility index (Phi) is 9.42. The van der Waals surface area contributed by atoms with E-state index in [2.05, 4.69) is 0 Å². The standard InChI is InChI=1S/C4H10OSi.Cl3HSi/c1-2-4-6-5-3-1;1-4(2)3/h1-4,6H2;4H. The zero-order valence-corrected chi connectivity index (χ0v) is 10.5. The Bertz CT molecular complexity index is 55.3. The molecule has 10 heavy (non-hydrogen) atoms. The van der Waals surface area contributed by atoms with E-state index < -0.39 is 6.73 Å². The maximum Gasteiger partial charge on any atom is 0.326 e. The zero-order valence-electron chi connectivity index (χ0n) is 5.66. The van der Waals surface area contributed by atoms with Crippen LogP contribution >= 0.6 is 33.2 Å². The molecule has 0 N–H and O–H groups in total. The molecule has 0 atom stereocenters. The summed E-state index contributed by atoms with van der Waals surface area (Å²) in [4.78, 5) is 0. The maximum absolute atomic E-state index is 5.21. The van der Waals surface area contributed by atoms with E-state index in [-0.39, 0.29) is 9.76 Å². The van der Waals surface area contributed by atoms with Crippen molar-refractivity contribution in [2.75, 3.05) is 6.61 Å². The minimum atomic E-state index is -1.72. The first-order valence-corrected chi connectivity index (χ1v) is 10.0. The molecule has 0 radical (unpaired) electrons. The molecular weight excluding hydrogens is 227 g/mol. The fraction of sp³-hybridized carbons (Fsp3) is 1.00. The van der Waals surface area contributed by atoms with Gasteiger partial charge >= 0.3 is 6.73 Å². The van der Waals surface area contributed by atoms with Crippen LogP contribution in [0.3, 0.4) is 0 Å². The largest absolute Gasteiger partial charge is 0.424 e. The van der Waals surface area contributed by atoms with E-state index in [1.54, 1.807) is 0 Å². The first-order chi connectivity index (χ1) is 4.73. The number of hydrogen-bond donors (Lipinski definition) is 0. The summed E-state index contributed by atoms with van der Waals surface area (Å²) in [6.45, 7) is -0.660. The summed E-state index contributed by atoms with van der Waals surface area (Å²) >= 11 is 14.8. The van der Waals surface area contributed by atoms with Crippen LogP contribution in [0.4, 0.5) is 0 Å². The summed E-state index contributed by atoms with van der Waals surface area (Å²) in [5.41, 5.74) is 0. The summed E-state index contributed by atoms with van der Waals surface area (Å²) in [6, 6.07) is 1.42. The molecule has 62 valence electrons. The second-order valence-corrected chi connectivity index (χ2v) is 9.88. The van der Waals surface area contributed by atoms with Gasteiger partial charge in [0.15, 0.2) is 9.76 Å². The van der Waals surface area contributed by atoms with Crippen molar-refractivity contribution in [1.82, 2.24) is 0 Å². The van der Waals surface area contributed by atoms with Gasteiger partial charge in [-0.25, -0.2) is 0 Å². The van der Waals surface area contributed by atoms with Crippen molar-refractivity contribution < 1.29 is 4.43 Å². The van der Waals surface area contributed by atoms with Gasteiger partial charge in [0.1, 0.15) is 0 Å². The van der Waals surface area contributed by atoms with Crippen molar-refractivity contribution in [3.05, 3.63) is 0 Å². The van der Waals surface area contributed by atoms with Crippen molar-refractivity contribution in [3.8, 4) is 0 Å². The van der Waals surface area contributed by atoms with Gasteiger partial charge in [-0.1, -0.05) is 6.42 Å². The summed E-state index contributed by atoms with van der Waals surface area (Å²) < 4.78 is 5.21. The summed E-state index contributed by atoms with van der Waals surface area (Å²) in [5, 5.41) is 0. The van der Waals surface area contributed by atoms with Gasteiger partial charge in [-0.3, -0.25) is 0 Å². The zero-order chi connectivity index (χ0) is 7.82. The quantitative estimate of drug-likeness (QED) is 0.461. The third-order valence-corrected chi connectivity index (χ3v) is 2.44. The monoisotopic (exact) mass is 236 g/mol. The second kappa shape index (κ2) is 8.36. The molecular formula is C4H11Cl3OSi2. The smallest absolute Gasteiger partial charge is 0.326 e. The fourth-order valence-electron chi connectivity index (χ4n) is 0.687. The third-order valence-electron chi connectivity index (χ3n) is 1.08. The van der Waals surface area contributed by atoms with Gasteiger partial charge in [0.05, 0.1) is 0 Å². The van der Waals surface area contributed by atoms with Crippen molar-refractivity contribution in [3.63, 3.8) is 0 Å². The average molecular weight is 238 g/mol. The summed E-state index contributed by atoms with van der Waals surface area (Å²) in [7, 11) is 0.00849. The molecule has 1 aliphatic heterocycles. The highest BCUT2D eigenvalue weighted by Crippen LogP contribution is 2.01. The van der Waals surface area contributed by atoms with Crippen LogP contribution in [-0.4, -0.2) is 23.1 Å². The van der Waals surface area contributed by atoms with Crippen LogP contribution in [0.5, 0.6) is 0 Å². The molecule has 0 unspecified atom stereocenters. The van der Waals surface area contributed by atoms with E-state index in [4.69, 9.17) is 37.7 Å². The molecule has 1 rings (SSSR count). The predicted molar refractivity (Wildman–Crippen MR) is 53.2 cm³/mol.